The maximum Gasteiger partial charge on any atom is 0.469 e. The van der Waals surface area contributed by atoms with Crippen molar-refractivity contribution in [3.8, 4) is 71.0 Å². The fourth-order valence-electron chi connectivity index (χ4n) is 3.07. The van der Waals surface area contributed by atoms with Gasteiger partial charge >= 0.3 is 19.8 Å². The Bertz CT molecular complexity index is 1190. The Labute approximate surface area is 238 Å². The third kappa shape index (κ3) is 27.4. The number of hydrogen-bond acceptors (Lipinski definition) is 6. The molecule has 0 radical (unpaired) electrons. The number of esters is 2. The van der Waals surface area contributed by atoms with E-state index in [1.165, 1.54) is 44.9 Å². The van der Waals surface area contributed by atoms with Gasteiger partial charge in [0.2, 0.25) is 0 Å². The molecule has 0 heterocycles. The minimum Gasteiger partial charge on any atom is -0.456 e. The van der Waals surface area contributed by atoms with Crippen molar-refractivity contribution >= 4 is 19.8 Å². The molecule has 0 saturated carbocycles. The molecule has 9 heteroatoms. The van der Waals surface area contributed by atoms with Gasteiger partial charge in [0.1, 0.15) is 6.61 Å². The van der Waals surface area contributed by atoms with Crippen LogP contribution in [0.15, 0.2) is 0 Å². The van der Waals surface area contributed by atoms with E-state index in [0.29, 0.717) is 6.42 Å². The Morgan fingerprint density at radius 2 is 1.18 bits per heavy atom. The van der Waals surface area contributed by atoms with E-state index in [9.17, 15) is 14.2 Å². The van der Waals surface area contributed by atoms with Crippen LogP contribution in [-0.4, -0.2) is 41.0 Å². The number of carbonyl (C=O) groups excluding carboxylic acids is 2. The molecule has 0 unspecified atom stereocenters. The van der Waals surface area contributed by atoms with Crippen molar-refractivity contribution in [1.29, 1.82) is 0 Å². The van der Waals surface area contributed by atoms with E-state index in [0.717, 1.165) is 19.3 Å². The molecular formula is C31H37O8P. The largest absolute Gasteiger partial charge is 0.469 e. The van der Waals surface area contributed by atoms with E-state index < -0.39 is 39.1 Å². The van der Waals surface area contributed by atoms with Crippen LogP contribution in [0, 0.1) is 71.0 Å². The Morgan fingerprint density at radius 1 is 0.700 bits per heavy atom. The summed E-state index contributed by atoms with van der Waals surface area (Å²) in [6.07, 6.45) is 11.4. The standard InChI is InChI=1S/C31H37O8P/c1-3-5-7-9-11-13-15-17-19-21-23-25-30(32)37-27-29(28-38-40(34,35)36)39-31(33)26-24-22-20-18-16-14-12-10-8-6-4-2/h29H,4,6,8,10,12,14,16,18,20,22,24,26-28H2,1-2H3,(H2,34,35,36)/t29-/m0/s1. The summed E-state index contributed by atoms with van der Waals surface area (Å²) in [5, 5.41) is 0. The topological polar surface area (TPSA) is 119 Å². The van der Waals surface area contributed by atoms with Gasteiger partial charge in [-0.3, -0.25) is 9.32 Å². The summed E-state index contributed by atoms with van der Waals surface area (Å²) < 4.78 is 25.5. The molecule has 40 heavy (non-hydrogen) atoms. The lowest BCUT2D eigenvalue weighted by Crippen LogP contribution is -2.29. The van der Waals surface area contributed by atoms with Gasteiger partial charge in [0.15, 0.2) is 6.10 Å². The number of phosphoric acid groups is 1. The van der Waals surface area contributed by atoms with Crippen molar-refractivity contribution in [3.05, 3.63) is 0 Å². The molecule has 0 aromatic rings. The van der Waals surface area contributed by atoms with Crippen molar-refractivity contribution in [3.63, 3.8) is 0 Å². The summed E-state index contributed by atoms with van der Waals surface area (Å²) in [7, 11) is -4.81. The lowest BCUT2D eigenvalue weighted by Gasteiger charge is -2.17. The molecule has 0 fully saturated rings. The highest BCUT2D eigenvalue weighted by molar-refractivity contribution is 7.46. The molecule has 0 bridgehead atoms. The van der Waals surface area contributed by atoms with Crippen LogP contribution in [0.1, 0.15) is 90.9 Å². The molecule has 0 rings (SSSR count). The summed E-state index contributed by atoms with van der Waals surface area (Å²) in [6, 6.07) is 0. The molecule has 0 aliphatic heterocycles. The first-order chi connectivity index (χ1) is 19.3. The minimum atomic E-state index is -4.81. The van der Waals surface area contributed by atoms with Gasteiger partial charge in [-0.05, 0) is 72.5 Å². The zero-order valence-corrected chi connectivity index (χ0v) is 24.2. The van der Waals surface area contributed by atoms with Gasteiger partial charge in [0, 0.05) is 12.3 Å². The van der Waals surface area contributed by atoms with Crippen LogP contribution in [0.25, 0.3) is 0 Å². The maximum atomic E-state index is 12.2. The van der Waals surface area contributed by atoms with Crippen LogP contribution >= 0.6 is 7.82 Å². The highest BCUT2D eigenvalue weighted by atomic mass is 31.2. The summed E-state index contributed by atoms with van der Waals surface area (Å²) in [4.78, 5) is 41.8. The van der Waals surface area contributed by atoms with Crippen molar-refractivity contribution < 1.29 is 37.9 Å². The lowest BCUT2D eigenvalue weighted by atomic mass is 10.1. The first-order valence-corrected chi connectivity index (χ1v) is 14.8. The Hall–Kier alpha value is -3.59. The second-order valence-electron chi connectivity index (χ2n) is 8.41. The van der Waals surface area contributed by atoms with E-state index in [1.54, 1.807) is 6.92 Å². The highest BCUT2D eigenvalue weighted by Gasteiger charge is 2.22. The first kappa shape index (κ1) is 36.4. The Morgan fingerprint density at radius 3 is 1.68 bits per heavy atom. The molecule has 8 nitrogen and oxygen atoms in total. The molecule has 0 aliphatic carbocycles. The summed E-state index contributed by atoms with van der Waals surface area (Å²) in [5.74, 6) is 27.3. The van der Waals surface area contributed by atoms with Crippen LogP contribution in [0.3, 0.4) is 0 Å². The predicted molar refractivity (Wildman–Crippen MR) is 152 cm³/mol. The molecule has 0 saturated heterocycles. The van der Waals surface area contributed by atoms with E-state index in [1.807, 2.05) is 0 Å². The molecule has 1 atom stereocenters. The number of hydrogen-bond donors (Lipinski definition) is 2. The van der Waals surface area contributed by atoms with Crippen molar-refractivity contribution in [2.24, 2.45) is 0 Å². The summed E-state index contributed by atoms with van der Waals surface area (Å²) >= 11 is 0. The molecule has 0 aromatic heterocycles. The third-order valence-corrected chi connectivity index (χ3v) is 5.45. The fraction of sp³-hybridized carbons (Fsp3) is 0.548. The zero-order chi connectivity index (χ0) is 29.7. The van der Waals surface area contributed by atoms with Gasteiger partial charge in [-0.1, -0.05) is 77.1 Å². The Balaban J connectivity index is 4.47. The quantitative estimate of drug-likeness (QED) is 0.0827. The van der Waals surface area contributed by atoms with Gasteiger partial charge < -0.3 is 19.3 Å². The average Bonchev–Trinajstić information content (AvgIpc) is 2.91. The van der Waals surface area contributed by atoms with E-state index >= 15 is 0 Å². The summed E-state index contributed by atoms with van der Waals surface area (Å²) in [5.41, 5.74) is 0. The minimum absolute atomic E-state index is 0.137. The first-order valence-electron chi connectivity index (χ1n) is 13.3. The van der Waals surface area contributed by atoms with Gasteiger partial charge in [-0.2, -0.15) is 0 Å². The molecule has 214 valence electrons. The third-order valence-electron chi connectivity index (χ3n) is 4.96. The fourth-order valence-corrected chi connectivity index (χ4v) is 3.43. The number of phosphoric ester groups is 1. The van der Waals surface area contributed by atoms with Gasteiger partial charge in [0.05, 0.1) is 6.61 Å². The number of carbonyl (C=O) groups is 2. The second-order valence-corrected chi connectivity index (χ2v) is 9.65. The van der Waals surface area contributed by atoms with Crippen molar-refractivity contribution in [2.75, 3.05) is 13.2 Å². The van der Waals surface area contributed by atoms with Crippen LogP contribution in [0.4, 0.5) is 0 Å². The maximum absolute atomic E-state index is 12.2. The molecular weight excluding hydrogens is 531 g/mol. The lowest BCUT2D eigenvalue weighted by molar-refractivity contribution is -0.158. The van der Waals surface area contributed by atoms with Crippen molar-refractivity contribution in [1.82, 2.24) is 0 Å². The van der Waals surface area contributed by atoms with E-state index in [-0.39, 0.29) is 6.42 Å². The summed E-state index contributed by atoms with van der Waals surface area (Å²) in [6.45, 7) is 2.71. The average molecular weight is 569 g/mol. The van der Waals surface area contributed by atoms with Crippen LogP contribution < -0.4 is 0 Å². The normalized spacial score (nSPS) is 10.0. The van der Waals surface area contributed by atoms with Crippen LogP contribution in [-0.2, 0) is 28.2 Å². The van der Waals surface area contributed by atoms with Gasteiger partial charge in [0.25, 0.3) is 0 Å². The zero-order valence-electron chi connectivity index (χ0n) is 23.3. The second kappa shape index (κ2) is 25.7. The number of unbranched alkanes of at least 4 members (excludes halogenated alkanes) is 10. The van der Waals surface area contributed by atoms with Crippen LogP contribution in [0.5, 0.6) is 0 Å². The van der Waals surface area contributed by atoms with Crippen LogP contribution in [0.2, 0.25) is 0 Å². The molecule has 0 aromatic carbocycles. The SMILES string of the molecule is CC#CC#CC#CC#CC#CC#CC(=O)OC[C@@H](COP(=O)(O)O)OC(=O)CCCCCCCCCCCCC. The van der Waals surface area contributed by atoms with E-state index in [4.69, 9.17) is 19.3 Å². The monoisotopic (exact) mass is 568 g/mol. The molecule has 0 aliphatic rings. The van der Waals surface area contributed by atoms with E-state index in [2.05, 4.69) is 82.5 Å². The van der Waals surface area contributed by atoms with Gasteiger partial charge in [-0.15, -0.1) is 0 Å². The molecule has 0 amide bonds. The predicted octanol–water partition coefficient (Wildman–Crippen LogP) is 4.29. The molecule has 2 N–H and O–H groups in total. The number of ether oxygens (including phenoxy) is 2. The highest BCUT2D eigenvalue weighted by Crippen LogP contribution is 2.35. The smallest absolute Gasteiger partial charge is 0.456 e. The van der Waals surface area contributed by atoms with Crippen molar-refractivity contribution in [2.45, 2.75) is 97.0 Å². The molecule has 0 spiro atoms. The number of rotatable bonds is 18. The Kier molecular flexibility index (Phi) is 23.4. The van der Waals surface area contributed by atoms with Gasteiger partial charge in [-0.25, -0.2) is 9.36 Å².